The fourth-order valence-corrected chi connectivity index (χ4v) is 2.43. The Hall–Kier alpha value is -2.73. The zero-order valence-corrected chi connectivity index (χ0v) is 16.3. The Balaban J connectivity index is 1.79. The average molecular weight is 389 g/mol. The molecule has 0 aliphatic carbocycles. The quantitative estimate of drug-likeness (QED) is 0.369. The molecule has 7 heteroatoms. The van der Waals surface area contributed by atoms with Crippen LogP contribution in [0.1, 0.15) is 22.8 Å². The molecule has 2 aromatic rings. The van der Waals surface area contributed by atoms with E-state index in [4.69, 9.17) is 16.3 Å². The first-order chi connectivity index (χ1) is 13.1. The Labute approximate surface area is 165 Å². The summed E-state index contributed by atoms with van der Waals surface area (Å²) in [5, 5.41) is 9.87. The van der Waals surface area contributed by atoms with Crippen molar-refractivity contribution in [3.63, 3.8) is 0 Å². The molecule has 0 fully saturated rings. The average Bonchev–Trinajstić information content (AvgIpc) is 2.70. The monoisotopic (exact) mass is 388 g/mol. The molecule has 0 saturated carbocycles. The van der Waals surface area contributed by atoms with E-state index in [1.54, 1.807) is 31.4 Å². The standard InChI is InChI=1S/C20H25ClN4O2/c1-3-22-20(25-14-15-4-10-18(27-2)11-5-15)24-13-12-23-19(26)16-6-8-17(21)9-7-16/h4-11H,3,12-14H2,1-2H3,(H,23,26)(H2,22,24,25). The molecule has 2 rings (SSSR count). The number of halogens is 1. The van der Waals surface area contributed by atoms with Crippen LogP contribution in [-0.4, -0.2) is 38.6 Å². The topological polar surface area (TPSA) is 74.8 Å². The summed E-state index contributed by atoms with van der Waals surface area (Å²) in [5.74, 6) is 1.40. The van der Waals surface area contributed by atoms with Crippen molar-refractivity contribution < 1.29 is 9.53 Å². The van der Waals surface area contributed by atoms with Crippen LogP contribution in [0.5, 0.6) is 5.75 Å². The van der Waals surface area contributed by atoms with Crippen LogP contribution < -0.4 is 20.7 Å². The summed E-state index contributed by atoms with van der Waals surface area (Å²) in [6.45, 7) is 4.36. The van der Waals surface area contributed by atoms with Gasteiger partial charge in [-0.05, 0) is 48.9 Å². The maximum atomic E-state index is 12.1. The second-order valence-corrected chi connectivity index (χ2v) is 6.17. The molecule has 1 amide bonds. The van der Waals surface area contributed by atoms with E-state index in [9.17, 15) is 4.79 Å². The molecule has 0 aliphatic rings. The molecule has 0 heterocycles. The van der Waals surface area contributed by atoms with Crippen molar-refractivity contribution in [2.75, 3.05) is 26.7 Å². The lowest BCUT2D eigenvalue weighted by atomic mass is 10.2. The molecule has 0 bridgehead atoms. The van der Waals surface area contributed by atoms with Crippen molar-refractivity contribution in [3.05, 3.63) is 64.7 Å². The highest BCUT2D eigenvalue weighted by Gasteiger charge is 2.04. The third-order valence-electron chi connectivity index (χ3n) is 3.73. The lowest BCUT2D eigenvalue weighted by molar-refractivity contribution is 0.0954. The van der Waals surface area contributed by atoms with Crippen LogP contribution >= 0.6 is 11.6 Å². The fraction of sp³-hybridized carbons (Fsp3) is 0.300. The minimum Gasteiger partial charge on any atom is -0.497 e. The van der Waals surface area contributed by atoms with Crippen LogP contribution in [-0.2, 0) is 6.54 Å². The van der Waals surface area contributed by atoms with Gasteiger partial charge in [0.15, 0.2) is 5.96 Å². The van der Waals surface area contributed by atoms with E-state index in [-0.39, 0.29) is 5.91 Å². The smallest absolute Gasteiger partial charge is 0.251 e. The van der Waals surface area contributed by atoms with E-state index in [0.29, 0.717) is 36.2 Å². The molecular formula is C20H25ClN4O2. The van der Waals surface area contributed by atoms with Gasteiger partial charge in [-0.25, -0.2) is 4.99 Å². The third kappa shape index (κ3) is 7.19. The van der Waals surface area contributed by atoms with Crippen LogP contribution in [0.3, 0.4) is 0 Å². The predicted octanol–water partition coefficient (Wildman–Crippen LogP) is 2.83. The summed E-state index contributed by atoms with van der Waals surface area (Å²) in [5.41, 5.74) is 1.67. The van der Waals surface area contributed by atoms with E-state index < -0.39 is 0 Å². The highest BCUT2D eigenvalue weighted by atomic mass is 35.5. The van der Waals surface area contributed by atoms with E-state index in [1.165, 1.54) is 0 Å². The van der Waals surface area contributed by atoms with Crippen molar-refractivity contribution >= 4 is 23.5 Å². The molecule has 2 aromatic carbocycles. The molecule has 0 spiro atoms. The number of rotatable bonds is 8. The van der Waals surface area contributed by atoms with Crippen molar-refractivity contribution in [1.29, 1.82) is 0 Å². The summed E-state index contributed by atoms with van der Waals surface area (Å²) in [4.78, 5) is 16.6. The number of carbonyl (C=O) groups is 1. The predicted molar refractivity (Wildman–Crippen MR) is 110 cm³/mol. The molecule has 0 saturated heterocycles. The van der Waals surface area contributed by atoms with Gasteiger partial charge in [-0.3, -0.25) is 4.79 Å². The number of aliphatic imine (C=N–C) groups is 1. The highest BCUT2D eigenvalue weighted by Crippen LogP contribution is 2.12. The molecule has 27 heavy (non-hydrogen) atoms. The number of carbonyl (C=O) groups excluding carboxylic acids is 1. The number of nitrogens with one attached hydrogen (secondary N) is 3. The molecule has 3 N–H and O–H groups in total. The number of amides is 1. The van der Waals surface area contributed by atoms with Gasteiger partial charge < -0.3 is 20.7 Å². The van der Waals surface area contributed by atoms with Crippen LogP contribution in [0, 0.1) is 0 Å². The molecule has 0 atom stereocenters. The molecular weight excluding hydrogens is 364 g/mol. The van der Waals surface area contributed by atoms with Gasteiger partial charge in [0.05, 0.1) is 13.7 Å². The lowest BCUT2D eigenvalue weighted by Crippen LogP contribution is -2.41. The maximum Gasteiger partial charge on any atom is 0.251 e. The first-order valence-electron chi connectivity index (χ1n) is 8.81. The molecule has 0 radical (unpaired) electrons. The second kappa shape index (κ2) is 11.1. The van der Waals surface area contributed by atoms with Crippen LogP contribution in [0.4, 0.5) is 0 Å². The number of nitrogens with zero attached hydrogens (tertiary/aromatic N) is 1. The summed E-state index contributed by atoms with van der Waals surface area (Å²) in [6, 6.07) is 14.6. The number of benzene rings is 2. The summed E-state index contributed by atoms with van der Waals surface area (Å²) in [7, 11) is 1.64. The van der Waals surface area contributed by atoms with Gasteiger partial charge in [-0.1, -0.05) is 23.7 Å². The van der Waals surface area contributed by atoms with E-state index >= 15 is 0 Å². The molecule has 0 unspecified atom stereocenters. The Kier molecular flexibility index (Phi) is 8.45. The van der Waals surface area contributed by atoms with E-state index in [1.807, 2.05) is 31.2 Å². The SMILES string of the molecule is CCNC(=NCc1ccc(OC)cc1)NCCNC(=O)c1ccc(Cl)cc1. The third-order valence-corrected chi connectivity index (χ3v) is 3.98. The lowest BCUT2D eigenvalue weighted by Gasteiger charge is -2.12. The van der Waals surface area contributed by atoms with Crippen LogP contribution in [0.25, 0.3) is 0 Å². The van der Waals surface area contributed by atoms with Crippen molar-refractivity contribution in [1.82, 2.24) is 16.0 Å². The van der Waals surface area contributed by atoms with Gasteiger partial charge >= 0.3 is 0 Å². The first kappa shape index (κ1) is 20.6. The van der Waals surface area contributed by atoms with Gasteiger partial charge in [0.1, 0.15) is 5.75 Å². The van der Waals surface area contributed by atoms with Gasteiger partial charge in [-0.15, -0.1) is 0 Å². The fourth-order valence-electron chi connectivity index (χ4n) is 2.30. The highest BCUT2D eigenvalue weighted by molar-refractivity contribution is 6.30. The first-order valence-corrected chi connectivity index (χ1v) is 9.19. The molecule has 0 aromatic heterocycles. The van der Waals surface area contributed by atoms with Gasteiger partial charge in [0.25, 0.3) is 5.91 Å². The van der Waals surface area contributed by atoms with Crippen molar-refractivity contribution in [2.45, 2.75) is 13.5 Å². The Morgan fingerprint density at radius 2 is 1.67 bits per heavy atom. The number of hydrogen-bond acceptors (Lipinski definition) is 3. The van der Waals surface area contributed by atoms with E-state index in [0.717, 1.165) is 17.9 Å². The number of methoxy groups -OCH3 is 1. The van der Waals surface area contributed by atoms with Crippen LogP contribution in [0.15, 0.2) is 53.5 Å². The van der Waals surface area contributed by atoms with E-state index in [2.05, 4.69) is 20.9 Å². The Morgan fingerprint density at radius 3 is 2.30 bits per heavy atom. The van der Waals surface area contributed by atoms with Gasteiger partial charge in [-0.2, -0.15) is 0 Å². The molecule has 144 valence electrons. The zero-order chi connectivity index (χ0) is 19.5. The summed E-state index contributed by atoms with van der Waals surface area (Å²) >= 11 is 5.83. The van der Waals surface area contributed by atoms with Gasteiger partial charge in [0, 0.05) is 30.2 Å². The largest absolute Gasteiger partial charge is 0.497 e. The maximum absolute atomic E-state index is 12.1. The molecule has 0 aliphatic heterocycles. The Morgan fingerprint density at radius 1 is 1.00 bits per heavy atom. The normalized spacial score (nSPS) is 11.0. The van der Waals surface area contributed by atoms with Gasteiger partial charge in [0.2, 0.25) is 0 Å². The minimum absolute atomic E-state index is 0.131. The number of guanidine groups is 1. The van der Waals surface area contributed by atoms with Crippen molar-refractivity contribution in [3.8, 4) is 5.75 Å². The summed E-state index contributed by atoms with van der Waals surface area (Å²) in [6.07, 6.45) is 0. The van der Waals surface area contributed by atoms with Crippen molar-refractivity contribution in [2.24, 2.45) is 4.99 Å². The minimum atomic E-state index is -0.131. The molecule has 6 nitrogen and oxygen atoms in total. The zero-order valence-electron chi connectivity index (χ0n) is 15.6. The Bertz CT molecular complexity index is 746. The number of ether oxygens (including phenoxy) is 1. The summed E-state index contributed by atoms with van der Waals surface area (Å²) < 4.78 is 5.15. The van der Waals surface area contributed by atoms with Crippen LogP contribution in [0.2, 0.25) is 5.02 Å². The number of hydrogen-bond donors (Lipinski definition) is 3. The second-order valence-electron chi connectivity index (χ2n) is 5.73.